The van der Waals surface area contributed by atoms with Crippen LogP contribution in [-0.4, -0.2) is 51.6 Å². The lowest BCUT2D eigenvalue weighted by Gasteiger charge is -2.34. The first-order chi connectivity index (χ1) is 8.62. The van der Waals surface area contributed by atoms with Crippen LogP contribution in [0.4, 0.5) is 0 Å². The second-order valence-corrected chi connectivity index (χ2v) is 7.72. The Morgan fingerprint density at radius 2 is 2.00 bits per heavy atom. The van der Waals surface area contributed by atoms with Crippen LogP contribution in [0.5, 0.6) is 0 Å². The molecule has 0 saturated carbocycles. The third-order valence-electron chi connectivity index (χ3n) is 3.29. The average Bonchev–Trinajstić information content (AvgIpc) is 2.36. The van der Waals surface area contributed by atoms with Crippen molar-refractivity contribution in [1.82, 2.24) is 10.2 Å². The van der Waals surface area contributed by atoms with Crippen molar-refractivity contribution < 1.29 is 13.8 Å². The van der Waals surface area contributed by atoms with Gasteiger partial charge in [0, 0.05) is 41.8 Å². The Morgan fingerprint density at radius 1 is 1.42 bits per heavy atom. The molecule has 0 aromatic heterocycles. The molecule has 0 radical (unpaired) electrons. The minimum absolute atomic E-state index is 0.0729. The fourth-order valence-corrected chi connectivity index (χ4v) is 3.11. The van der Waals surface area contributed by atoms with Crippen LogP contribution >= 0.6 is 0 Å². The summed E-state index contributed by atoms with van der Waals surface area (Å²) in [5.74, 6) is 0.272. The summed E-state index contributed by atoms with van der Waals surface area (Å²) in [6, 6.07) is -0.633. The number of carbonyl (C=O) groups excluding carboxylic acids is 2. The Morgan fingerprint density at radius 3 is 2.47 bits per heavy atom. The number of nitrogens with zero attached hydrogens (tertiary/aromatic N) is 1. The van der Waals surface area contributed by atoms with Gasteiger partial charge in [0.05, 0.1) is 0 Å². The standard InChI is InChI=1S/C13H24N2O3S/c1-9(8-19(5)18)15-7-6-10(16)14-11(12(15)17)13(2,3)4/h9,11H,6-8H2,1-5H3,(H,14,16). The van der Waals surface area contributed by atoms with Crippen LogP contribution in [0.1, 0.15) is 34.1 Å². The van der Waals surface area contributed by atoms with E-state index in [0.29, 0.717) is 18.7 Å². The van der Waals surface area contributed by atoms with Crippen LogP contribution in [0.2, 0.25) is 0 Å². The van der Waals surface area contributed by atoms with Gasteiger partial charge in [-0.05, 0) is 12.3 Å². The lowest BCUT2D eigenvalue weighted by Crippen LogP contribution is -2.54. The summed E-state index contributed by atoms with van der Waals surface area (Å²) in [6.45, 7) is 8.08. The highest BCUT2D eigenvalue weighted by atomic mass is 32.2. The van der Waals surface area contributed by atoms with E-state index in [1.165, 1.54) is 0 Å². The van der Waals surface area contributed by atoms with Crippen molar-refractivity contribution in [2.45, 2.75) is 46.2 Å². The number of carbonyl (C=O) groups is 2. The molecule has 0 bridgehead atoms. The molecule has 0 aliphatic carbocycles. The first-order valence-corrected chi connectivity index (χ1v) is 8.25. The average molecular weight is 288 g/mol. The number of hydrogen-bond donors (Lipinski definition) is 1. The smallest absolute Gasteiger partial charge is 0.245 e. The number of amides is 2. The van der Waals surface area contributed by atoms with E-state index in [2.05, 4.69) is 5.32 Å². The Bertz CT molecular complexity index is 390. The summed E-state index contributed by atoms with van der Waals surface area (Å²) in [7, 11) is -0.958. The molecule has 2 amide bonds. The van der Waals surface area contributed by atoms with E-state index in [-0.39, 0.29) is 23.3 Å². The summed E-state index contributed by atoms with van der Waals surface area (Å²) in [5, 5.41) is 2.80. The topological polar surface area (TPSA) is 66.5 Å². The van der Waals surface area contributed by atoms with Gasteiger partial charge in [-0.2, -0.15) is 0 Å². The lowest BCUT2D eigenvalue weighted by molar-refractivity contribution is -0.137. The quantitative estimate of drug-likeness (QED) is 0.823. The predicted molar refractivity (Wildman–Crippen MR) is 76.1 cm³/mol. The maximum absolute atomic E-state index is 12.6. The van der Waals surface area contributed by atoms with E-state index in [0.717, 1.165) is 0 Å². The molecule has 110 valence electrons. The van der Waals surface area contributed by atoms with Crippen LogP contribution in [0.25, 0.3) is 0 Å². The van der Waals surface area contributed by atoms with E-state index in [4.69, 9.17) is 0 Å². The summed E-state index contributed by atoms with van der Waals surface area (Å²) >= 11 is 0. The van der Waals surface area contributed by atoms with E-state index < -0.39 is 16.8 Å². The SMILES string of the molecule is CC(CS(C)=O)N1CCC(=O)NC(C(C)(C)C)C1=O. The Balaban J connectivity index is 2.96. The molecule has 1 fully saturated rings. The minimum atomic E-state index is -0.958. The van der Waals surface area contributed by atoms with Gasteiger partial charge in [0.2, 0.25) is 11.8 Å². The molecule has 3 unspecified atom stereocenters. The Hall–Kier alpha value is -0.910. The maximum atomic E-state index is 12.6. The maximum Gasteiger partial charge on any atom is 0.245 e. The van der Waals surface area contributed by atoms with E-state index >= 15 is 0 Å². The van der Waals surface area contributed by atoms with Crippen molar-refractivity contribution in [3.8, 4) is 0 Å². The van der Waals surface area contributed by atoms with Gasteiger partial charge in [-0.1, -0.05) is 20.8 Å². The fourth-order valence-electron chi connectivity index (χ4n) is 2.25. The number of rotatable bonds is 3. The zero-order valence-corrected chi connectivity index (χ0v) is 13.2. The van der Waals surface area contributed by atoms with Crippen LogP contribution < -0.4 is 5.32 Å². The summed E-state index contributed by atoms with van der Waals surface area (Å²) in [4.78, 5) is 26.0. The molecule has 0 spiro atoms. The van der Waals surface area contributed by atoms with Crippen molar-refractivity contribution >= 4 is 22.6 Å². The zero-order valence-electron chi connectivity index (χ0n) is 12.4. The Kier molecular flexibility index (Phi) is 5.12. The molecule has 0 aromatic rings. The van der Waals surface area contributed by atoms with Gasteiger partial charge in [0.25, 0.3) is 0 Å². The molecular weight excluding hydrogens is 264 g/mol. The highest BCUT2D eigenvalue weighted by Gasteiger charge is 2.39. The van der Waals surface area contributed by atoms with E-state index in [9.17, 15) is 13.8 Å². The molecule has 1 heterocycles. The molecule has 1 N–H and O–H groups in total. The lowest BCUT2D eigenvalue weighted by atomic mass is 9.86. The third kappa shape index (κ3) is 4.30. The third-order valence-corrected chi connectivity index (χ3v) is 4.24. The van der Waals surface area contributed by atoms with Gasteiger partial charge in [-0.3, -0.25) is 13.8 Å². The van der Waals surface area contributed by atoms with E-state index in [1.54, 1.807) is 11.2 Å². The second kappa shape index (κ2) is 6.03. The molecule has 6 heteroatoms. The first kappa shape index (κ1) is 16.1. The molecule has 1 saturated heterocycles. The van der Waals surface area contributed by atoms with Crippen molar-refractivity contribution in [3.05, 3.63) is 0 Å². The van der Waals surface area contributed by atoms with Crippen molar-refractivity contribution in [2.75, 3.05) is 18.6 Å². The number of nitrogens with one attached hydrogen (secondary N) is 1. The Labute approximate surface area is 117 Å². The highest BCUT2D eigenvalue weighted by molar-refractivity contribution is 7.84. The van der Waals surface area contributed by atoms with Gasteiger partial charge in [-0.15, -0.1) is 0 Å². The molecule has 5 nitrogen and oxygen atoms in total. The predicted octanol–water partition coefficient (Wildman–Crippen LogP) is 0.517. The summed E-state index contributed by atoms with van der Waals surface area (Å²) < 4.78 is 11.3. The largest absolute Gasteiger partial charge is 0.344 e. The van der Waals surface area contributed by atoms with Gasteiger partial charge < -0.3 is 10.2 Å². The second-order valence-electron chi connectivity index (χ2n) is 6.24. The van der Waals surface area contributed by atoms with Crippen molar-refractivity contribution in [3.63, 3.8) is 0 Å². The van der Waals surface area contributed by atoms with Crippen LogP contribution in [0.3, 0.4) is 0 Å². The first-order valence-electron chi connectivity index (χ1n) is 6.53. The van der Waals surface area contributed by atoms with Crippen molar-refractivity contribution in [2.24, 2.45) is 5.41 Å². The monoisotopic (exact) mass is 288 g/mol. The van der Waals surface area contributed by atoms with Crippen LogP contribution in [0.15, 0.2) is 0 Å². The van der Waals surface area contributed by atoms with Crippen LogP contribution in [0, 0.1) is 5.41 Å². The molecular formula is C13H24N2O3S. The van der Waals surface area contributed by atoms with Gasteiger partial charge in [0.15, 0.2) is 0 Å². The molecule has 19 heavy (non-hydrogen) atoms. The molecule has 1 aliphatic heterocycles. The van der Waals surface area contributed by atoms with Gasteiger partial charge >= 0.3 is 0 Å². The summed E-state index contributed by atoms with van der Waals surface area (Å²) in [5.41, 5.74) is -0.333. The van der Waals surface area contributed by atoms with Crippen LogP contribution in [-0.2, 0) is 20.4 Å². The normalized spacial score (nSPS) is 24.7. The van der Waals surface area contributed by atoms with Gasteiger partial charge in [-0.25, -0.2) is 0 Å². The van der Waals surface area contributed by atoms with E-state index in [1.807, 2.05) is 27.7 Å². The fraction of sp³-hybridized carbons (Fsp3) is 0.846. The molecule has 1 rings (SSSR count). The summed E-state index contributed by atoms with van der Waals surface area (Å²) in [6.07, 6.45) is 1.93. The molecule has 1 aliphatic rings. The number of hydrogen-bond acceptors (Lipinski definition) is 3. The van der Waals surface area contributed by atoms with Gasteiger partial charge in [0.1, 0.15) is 6.04 Å². The molecule has 0 aromatic carbocycles. The minimum Gasteiger partial charge on any atom is -0.344 e. The molecule has 3 atom stereocenters. The zero-order chi connectivity index (χ0) is 14.8. The van der Waals surface area contributed by atoms with Crippen molar-refractivity contribution in [1.29, 1.82) is 0 Å². The highest BCUT2D eigenvalue weighted by Crippen LogP contribution is 2.24.